The number of benzene rings is 1. The van der Waals surface area contributed by atoms with Crippen molar-refractivity contribution in [2.75, 3.05) is 0 Å². The van der Waals surface area contributed by atoms with Crippen molar-refractivity contribution in [1.82, 2.24) is 9.55 Å². The molecule has 108 valence electrons. The Hall–Kier alpha value is -0.760. The Kier molecular flexibility index (Phi) is 3.94. The van der Waals surface area contributed by atoms with Crippen LogP contribution in [0.3, 0.4) is 0 Å². The summed E-state index contributed by atoms with van der Waals surface area (Å²) in [6, 6.07) is 5.66. The van der Waals surface area contributed by atoms with Gasteiger partial charge in [0.05, 0.1) is 11.1 Å². The van der Waals surface area contributed by atoms with Crippen molar-refractivity contribution in [2.24, 2.45) is 0 Å². The van der Waals surface area contributed by atoms with E-state index in [0.29, 0.717) is 10.2 Å². The number of aromatic nitrogens is 2. The molecule has 0 aliphatic rings. The lowest BCUT2D eigenvalue weighted by Crippen LogP contribution is -2.20. The summed E-state index contributed by atoms with van der Waals surface area (Å²) in [4.78, 5) is 18.0. The Morgan fingerprint density at radius 1 is 1.29 bits per heavy atom. The van der Waals surface area contributed by atoms with Crippen LogP contribution in [-0.4, -0.2) is 9.55 Å². The van der Waals surface area contributed by atoms with Gasteiger partial charge in [-0.2, -0.15) is 0 Å². The Morgan fingerprint density at radius 2 is 2.00 bits per heavy atom. The molecule has 1 N–H and O–H groups in total. The summed E-state index contributed by atoms with van der Waals surface area (Å²) in [5, 5.41) is 0.706. The van der Waals surface area contributed by atoms with Crippen molar-refractivity contribution in [3.05, 3.63) is 52.7 Å². The first-order chi connectivity index (χ1) is 9.90. The smallest absolute Gasteiger partial charge is 0.267 e. The zero-order valence-electron chi connectivity index (χ0n) is 11.2. The molecule has 0 aliphatic heterocycles. The second-order valence-electron chi connectivity index (χ2n) is 4.65. The first-order valence-electron chi connectivity index (χ1n) is 6.10. The molecule has 0 fully saturated rings. The highest BCUT2D eigenvalue weighted by Crippen LogP contribution is 2.28. The molecule has 0 unspecified atom stereocenters. The van der Waals surface area contributed by atoms with Crippen LogP contribution in [0.2, 0.25) is 0 Å². The number of aromatic amines is 1. The van der Waals surface area contributed by atoms with E-state index >= 15 is 0 Å². The fraction of sp³-hybridized carbons (Fsp3) is 0.143. The van der Waals surface area contributed by atoms with E-state index in [1.807, 2.05) is 32.0 Å². The molecule has 0 atom stereocenters. The van der Waals surface area contributed by atoms with Crippen LogP contribution in [0.4, 0.5) is 0 Å². The number of thiophene rings is 1. The zero-order valence-corrected chi connectivity index (χ0v) is 16.0. The summed E-state index contributed by atoms with van der Waals surface area (Å²) in [5.74, 6) is 0. The number of hydrogen-bond donors (Lipinski definition) is 1. The highest BCUT2D eigenvalue weighted by atomic mass is 79.9. The molecule has 0 radical (unpaired) electrons. The second kappa shape index (κ2) is 5.46. The maximum atomic E-state index is 12.9. The molecule has 0 aliphatic carbocycles. The van der Waals surface area contributed by atoms with Gasteiger partial charge in [-0.05, 0) is 65.8 Å². The quantitative estimate of drug-likeness (QED) is 0.519. The van der Waals surface area contributed by atoms with Gasteiger partial charge in [0.15, 0.2) is 4.77 Å². The third-order valence-corrected chi connectivity index (χ3v) is 5.95. The summed E-state index contributed by atoms with van der Waals surface area (Å²) >= 11 is 13.9. The monoisotopic (exact) mass is 444 g/mol. The van der Waals surface area contributed by atoms with E-state index in [1.54, 1.807) is 11.3 Å². The molecule has 0 saturated carbocycles. The molecule has 1 aromatic carbocycles. The standard InChI is InChI=1S/C14H10Br2N2OS2/c1-6-7(2)21-12-11(6)13(19)18(14(20)17-12)10-5-8(15)3-4-9(10)16/h3-5H,1-2H3,(H,17,20). The fourth-order valence-corrected chi connectivity index (χ4v) is 4.38. The third-order valence-electron chi connectivity index (χ3n) is 3.37. The molecular weight excluding hydrogens is 436 g/mol. The predicted octanol–water partition coefficient (Wildman–Crippen LogP) is 5.25. The lowest BCUT2D eigenvalue weighted by Gasteiger charge is -2.09. The molecule has 0 amide bonds. The Bertz CT molecular complexity index is 985. The topological polar surface area (TPSA) is 37.8 Å². The third kappa shape index (κ3) is 2.46. The van der Waals surface area contributed by atoms with Crippen molar-refractivity contribution in [3.63, 3.8) is 0 Å². The van der Waals surface area contributed by atoms with Crippen molar-refractivity contribution in [2.45, 2.75) is 13.8 Å². The molecular formula is C14H10Br2N2OS2. The lowest BCUT2D eigenvalue weighted by molar-refractivity contribution is 0.936. The highest BCUT2D eigenvalue weighted by molar-refractivity contribution is 9.11. The summed E-state index contributed by atoms with van der Waals surface area (Å²) in [5.41, 5.74) is 1.64. The summed E-state index contributed by atoms with van der Waals surface area (Å²) in [6.45, 7) is 3.97. The maximum absolute atomic E-state index is 12.9. The fourth-order valence-electron chi connectivity index (χ4n) is 2.21. The average Bonchev–Trinajstić information content (AvgIpc) is 2.69. The van der Waals surface area contributed by atoms with Gasteiger partial charge in [0.2, 0.25) is 0 Å². The van der Waals surface area contributed by atoms with Crippen LogP contribution in [0.1, 0.15) is 10.4 Å². The average molecular weight is 446 g/mol. The Labute approximate surface area is 146 Å². The van der Waals surface area contributed by atoms with E-state index in [4.69, 9.17) is 12.2 Å². The number of nitrogens with one attached hydrogen (secondary N) is 1. The van der Waals surface area contributed by atoms with E-state index in [1.165, 1.54) is 4.57 Å². The van der Waals surface area contributed by atoms with Gasteiger partial charge in [-0.25, -0.2) is 0 Å². The highest BCUT2D eigenvalue weighted by Gasteiger charge is 2.15. The van der Waals surface area contributed by atoms with Gasteiger partial charge in [-0.15, -0.1) is 11.3 Å². The summed E-state index contributed by atoms with van der Waals surface area (Å²) < 4.78 is 3.63. The number of H-pyrrole nitrogens is 1. The molecule has 0 saturated heterocycles. The van der Waals surface area contributed by atoms with Gasteiger partial charge < -0.3 is 4.98 Å². The summed E-state index contributed by atoms with van der Waals surface area (Å²) in [7, 11) is 0. The van der Waals surface area contributed by atoms with Gasteiger partial charge in [0, 0.05) is 13.8 Å². The van der Waals surface area contributed by atoms with E-state index in [0.717, 1.165) is 29.9 Å². The van der Waals surface area contributed by atoms with E-state index < -0.39 is 0 Å². The van der Waals surface area contributed by atoms with Crippen LogP contribution in [0.25, 0.3) is 15.9 Å². The van der Waals surface area contributed by atoms with Crippen LogP contribution in [0.5, 0.6) is 0 Å². The molecule has 0 spiro atoms. The Morgan fingerprint density at radius 3 is 2.71 bits per heavy atom. The second-order valence-corrected chi connectivity index (χ2v) is 8.04. The van der Waals surface area contributed by atoms with E-state index in [2.05, 4.69) is 36.8 Å². The zero-order chi connectivity index (χ0) is 15.3. The maximum Gasteiger partial charge on any atom is 0.267 e. The van der Waals surface area contributed by atoms with Crippen LogP contribution < -0.4 is 5.56 Å². The number of aryl methyl sites for hydroxylation is 2. The SMILES string of the molecule is Cc1sc2[nH]c(=S)n(-c3cc(Br)ccc3Br)c(=O)c2c1C. The van der Waals surface area contributed by atoms with E-state index in [-0.39, 0.29) is 5.56 Å². The van der Waals surface area contributed by atoms with Crippen LogP contribution >= 0.6 is 55.4 Å². The Balaban J connectivity index is 2.49. The number of hydrogen-bond acceptors (Lipinski definition) is 3. The van der Waals surface area contributed by atoms with Gasteiger partial charge in [0.1, 0.15) is 4.83 Å². The van der Waals surface area contributed by atoms with Gasteiger partial charge >= 0.3 is 0 Å². The molecule has 21 heavy (non-hydrogen) atoms. The molecule has 3 rings (SSSR count). The normalized spacial score (nSPS) is 11.2. The van der Waals surface area contributed by atoms with Gasteiger partial charge in [0.25, 0.3) is 5.56 Å². The number of rotatable bonds is 1. The van der Waals surface area contributed by atoms with Crippen molar-refractivity contribution in [3.8, 4) is 5.69 Å². The van der Waals surface area contributed by atoms with Crippen LogP contribution in [0, 0.1) is 18.6 Å². The molecule has 3 nitrogen and oxygen atoms in total. The van der Waals surface area contributed by atoms with Gasteiger partial charge in [-0.3, -0.25) is 9.36 Å². The lowest BCUT2D eigenvalue weighted by atomic mass is 10.2. The van der Waals surface area contributed by atoms with Crippen molar-refractivity contribution >= 4 is 65.6 Å². The molecule has 3 aromatic rings. The molecule has 7 heteroatoms. The predicted molar refractivity (Wildman–Crippen MR) is 97.5 cm³/mol. The first kappa shape index (κ1) is 15.1. The molecule has 0 bridgehead atoms. The van der Waals surface area contributed by atoms with Crippen molar-refractivity contribution < 1.29 is 0 Å². The molecule has 2 heterocycles. The minimum absolute atomic E-state index is 0.0885. The van der Waals surface area contributed by atoms with Crippen molar-refractivity contribution in [1.29, 1.82) is 0 Å². The number of nitrogens with zero attached hydrogens (tertiary/aromatic N) is 1. The summed E-state index contributed by atoms with van der Waals surface area (Å²) in [6.07, 6.45) is 0. The first-order valence-corrected chi connectivity index (χ1v) is 8.91. The van der Waals surface area contributed by atoms with Crippen LogP contribution in [-0.2, 0) is 0 Å². The number of halogens is 2. The largest absolute Gasteiger partial charge is 0.323 e. The minimum Gasteiger partial charge on any atom is -0.323 e. The van der Waals surface area contributed by atoms with Crippen LogP contribution in [0.15, 0.2) is 31.9 Å². The van der Waals surface area contributed by atoms with E-state index in [9.17, 15) is 4.79 Å². The number of fused-ring (bicyclic) bond motifs is 1. The minimum atomic E-state index is -0.0885. The molecule has 2 aromatic heterocycles. The van der Waals surface area contributed by atoms with Gasteiger partial charge in [-0.1, -0.05) is 15.9 Å².